The molecule has 0 saturated heterocycles. The van der Waals surface area contributed by atoms with Gasteiger partial charge in [0, 0.05) is 0 Å². The van der Waals surface area contributed by atoms with Crippen LogP contribution in [0.3, 0.4) is 0 Å². The second-order valence-electron chi connectivity index (χ2n) is 3.47. The third-order valence-corrected chi connectivity index (χ3v) is 2.17. The van der Waals surface area contributed by atoms with Crippen LogP contribution in [0, 0.1) is 0 Å². The summed E-state index contributed by atoms with van der Waals surface area (Å²) >= 11 is 0. The van der Waals surface area contributed by atoms with E-state index in [1.54, 1.807) is 0 Å². The van der Waals surface area contributed by atoms with Crippen molar-refractivity contribution < 1.29 is 14.3 Å². The molecule has 5 nitrogen and oxygen atoms in total. The molecule has 0 aromatic heterocycles. The highest BCUT2D eigenvalue weighted by Crippen LogP contribution is 2.20. The van der Waals surface area contributed by atoms with Crippen molar-refractivity contribution >= 4 is 11.9 Å². The molecule has 3 N–H and O–H groups in total. The summed E-state index contributed by atoms with van der Waals surface area (Å²) < 4.78 is 5.14. The smallest absolute Gasteiger partial charge is 0.320 e. The Kier molecular flexibility index (Phi) is 4.39. The van der Waals surface area contributed by atoms with Crippen molar-refractivity contribution in [3.05, 3.63) is 0 Å². The molecule has 0 aromatic carbocycles. The number of carbonyl (C=O) groups excluding carboxylic acids is 2. The minimum absolute atomic E-state index is 0.0137. The summed E-state index contributed by atoms with van der Waals surface area (Å²) in [5.74, 6) is -0.781. The minimum atomic E-state index is -0.473. The summed E-state index contributed by atoms with van der Waals surface area (Å²) in [6.45, 7) is 0.0687. The Labute approximate surface area is 83.0 Å². The lowest BCUT2D eigenvalue weighted by Gasteiger charge is -2.10. The van der Waals surface area contributed by atoms with Gasteiger partial charge in [-0.05, 0) is 25.7 Å². The second kappa shape index (κ2) is 5.59. The number of nitrogens with two attached hydrogens (primary N) is 1. The number of primary amides is 1. The molecule has 1 saturated carbocycles. The van der Waals surface area contributed by atoms with Gasteiger partial charge in [0.1, 0.15) is 6.10 Å². The van der Waals surface area contributed by atoms with Crippen LogP contribution >= 0.6 is 0 Å². The first kappa shape index (κ1) is 11.0. The fourth-order valence-electron chi connectivity index (χ4n) is 1.52. The van der Waals surface area contributed by atoms with Crippen LogP contribution in [0.15, 0.2) is 0 Å². The predicted octanol–water partition coefficient (Wildman–Crippen LogP) is -0.453. The van der Waals surface area contributed by atoms with E-state index < -0.39 is 5.91 Å². The maximum atomic E-state index is 11.1. The zero-order valence-corrected chi connectivity index (χ0v) is 8.12. The van der Waals surface area contributed by atoms with Crippen molar-refractivity contribution in [1.29, 1.82) is 0 Å². The zero-order chi connectivity index (χ0) is 10.4. The van der Waals surface area contributed by atoms with Gasteiger partial charge in [0.15, 0.2) is 0 Å². The Morgan fingerprint density at radius 2 is 1.93 bits per heavy atom. The molecular formula is C9H16N2O3. The van der Waals surface area contributed by atoms with E-state index in [0.29, 0.717) is 0 Å². The van der Waals surface area contributed by atoms with Gasteiger partial charge in [0.05, 0.1) is 13.1 Å². The van der Waals surface area contributed by atoms with Crippen molar-refractivity contribution in [3.8, 4) is 0 Å². The SMILES string of the molecule is NC(=O)CNCC(=O)OC1CCCC1. The molecule has 1 fully saturated rings. The lowest BCUT2D eigenvalue weighted by molar-refractivity contribution is -0.147. The topological polar surface area (TPSA) is 81.4 Å². The molecule has 0 aliphatic heterocycles. The van der Waals surface area contributed by atoms with Crippen LogP contribution in [0.5, 0.6) is 0 Å². The fraction of sp³-hybridized carbons (Fsp3) is 0.778. The van der Waals surface area contributed by atoms with Gasteiger partial charge >= 0.3 is 5.97 Å². The van der Waals surface area contributed by atoms with Crippen LogP contribution < -0.4 is 11.1 Å². The Hall–Kier alpha value is -1.10. The highest BCUT2D eigenvalue weighted by atomic mass is 16.5. The summed E-state index contributed by atoms with van der Waals surface area (Å²) in [6, 6.07) is 0. The molecular weight excluding hydrogens is 184 g/mol. The van der Waals surface area contributed by atoms with Crippen molar-refractivity contribution in [2.75, 3.05) is 13.1 Å². The molecule has 80 valence electrons. The molecule has 1 aliphatic carbocycles. The summed E-state index contributed by atoms with van der Waals surface area (Å²) in [7, 11) is 0. The Morgan fingerprint density at radius 3 is 2.50 bits per heavy atom. The molecule has 0 bridgehead atoms. The molecule has 0 spiro atoms. The van der Waals surface area contributed by atoms with Gasteiger partial charge in [-0.1, -0.05) is 0 Å². The van der Waals surface area contributed by atoms with E-state index in [2.05, 4.69) is 5.32 Å². The van der Waals surface area contributed by atoms with E-state index in [-0.39, 0.29) is 25.2 Å². The van der Waals surface area contributed by atoms with Gasteiger partial charge in [-0.3, -0.25) is 14.9 Å². The van der Waals surface area contributed by atoms with Gasteiger partial charge in [0.25, 0.3) is 0 Å². The molecule has 0 radical (unpaired) electrons. The van der Waals surface area contributed by atoms with E-state index in [9.17, 15) is 9.59 Å². The summed E-state index contributed by atoms with van der Waals surface area (Å²) in [6.07, 6.45) is 4.26. The Bertz CT molecular complexity index is 212. The second-order valence-corrected chi connectivity index (χ2v) is 3.47. The fourth-order valence-corrected chi connectivity index (χ4v) is 1.52. The first-order valence-corrected chi connectivity index (χ1v) is 4.87. The van der Waals surface area contributed by atoms with Crippen molar-refractivity contribution in [2.24, 2.45) is 5.73 Å². The number of nitrogens with one attached hydrogen (secondary N) is 1. The number of hydrogen-bond acceptors (Lipinski definition) is 4. The summed E-state index contributed by atoms with van der Waals surface area (Å²) in [5.41, 5.74) is 4.89. The van der Waals surface area contributed by atoms with E-state index in [4.69, 9.17) is 10.5 Å². The molecule has 1 aliphatic rings. The van der Waals surface area contributed by atoms with Gasteiger partial charge in [0.2, 0.25) is 5.91 Å². The molecule has 14 heavy (non-hydrogen) atoms. The highest BCUT2D eigenvalue weighted by molar-refractivity contribution is 5.77. The van der Waals surface area contributed by atoms with Crippen molar-refractivity contribution in [3.63, 3.8) is 0 Å². The number of carbonyl (C=O) groups is 2. The lowest BCUT2D eigenvalue weighted by Crippen LogP contribution is -2.34. The van der Waals surface area contributed by atoms with E-state index in [0.717, 1.165) is 25.7 Å². The predicted molar refractivity (Wildman–Crippen MR) is 50.4 cm³/mol. The molecule has 1 rings (SSSR count). The number of amides is 1. The first-order valence-electron chi connectivity index (χ1n) is 4.87. The third-order valence-electron chi connectivity index (χ3n) is 2.17. The number of hydrogen-bond donors (Lipinski definition) is 2. The average Bonchev–Trinajstić information content (AvgIpc) is 2.56. The molecule has 0 heterocycles. The van der Waals surface area contributed by atoms with E-state index >= 15 is 0 Å². The van der Waals surface area contributed by atoms with Crippen LogP contribution in [0.25, 0.3) is 0 Å². The molecule has 1 amide bonds. The number of rotatable bonds is 5. The molecule has 5 heteroatoms. The monoisotopic (exact) mass is 200 g/mol. The zero-order valence-electron chi connectivity index (χ0n) is 8.12. The van der Waals surface area contributed by atoms with Crippen LogP contribution in [0.2, 0.25) is 0 Å². The maximum Gasteiger partial charge on any atom is 0.320 e. The summed E-state index contributed by atoms with van der Waals surface area (Å²) in [4.78, 5) is 21.5. The Balaban J connectivity index is 2.06. The van der Waals surface area contributed by atoms with E-state index in [1.807, 2.05) is 0 Å². The Morgan fingerprint density at radius 1 is 1.29 bits per heavy atom. The number of ether oxygens (including phenoxy) is 1. The van der Waals surface area contributed by atoms with Crippen molar-refractivity contribution in [2.45, 2.75) is 31.8 Å². The lowest BCUT2D eigenvalue weighted by atomic mass is 10.3. The van der Waals surface area contributed by atoms with E-state index in [1.165, 1.54) is 0 Å². The van der Waals surface area contributed by atoms with Gasteiger partial charge < -0.3 is 10.5 Å². The van der Waals surface area contributed by atoms with Gasteiger partial charge in [-0.15, -0.1) is 0 Å². The summed E-state index contributed by atoms with van der Waals surface area (Å²) in [5, 5.41) is 2.61. The minimum Gasteiger partial charge on any atom is -0.461 e. The molecule has 0 atom stereocenters. The highest BCUT2D eigenvalue weighted by Gasteiger charge is 2.18. The van der Waals surface area contributed by atoms with Gasteiger partial charge in [-0.25, -0.2) is 0 Å². The average molecular weight is 200 g/mol. The third kappa shape index (κ3) is 4.23. The van der Waals surface area contributed by atoms with Crippen LogP contribution in [0.4, 0.5) is 0 Å². The normalized spacial score (nSPS) is 16.9. The van der Waals surface area contributed by atoms with Crippen LogP contribution in [-0.4, -0.2) is 31.1 Å². The van der Waals surface area contributed by atoms with Crippen LogP contribution in [-0.2, 0) is 14.3 Å². The maximum absolute atomic E-state index is 11.1. The standard InChI is InChI=1S/C9H16N2O3/c10-8(12)5-11-6-9(13)14-7-3-1-2-4-7/h7,11H,1-6H2,(H2,10,12). The van der Waals surface area contributed by atoms with Crippen molar-refractivity contribution in [1.82, 2.24) is 5.32 Å². The number of esters is 1. The van der Waals surface area contributed by atoms with Gasteiger partial charge in [-0.2, -0.15) is 0 Å². The van der Waals surface area contributed by atoms with Crippen LogP contribution in [0.1, 0.15) is 25.7 Å². The molecule has 0 aromatic rings. The first-order chi connectivity index (χ1) is 6.68. The molecule has 0 unspecified atom stereocenters. The largest absolute Gasteiger partial charge is 0.461 e. The quantitative estimate of drug-likeness (QED) is 0.589.